The molecule has 2 unspecified atom stereocenters. The fourth-order valence-electron chi connectivity index (χ4n) is 1.69. The molecule has 0 heterocycles. The highest BCUT2D eigenvalue weighted by Crippen LogP contribution is 2.36. The van der Waals surface area contributed by atoms with Gasteiger partial charge in [0.05, 0.1) is 11.7 Å². The van der Waals surface area contributed by atoms with E-state index in [1.807, 2.05) is 0 Å². The summed E-state index contributed by atoms with van der Waals surface area (Å²) < 4.78 is 51.1. The first-order valence-corrected chi connectivity index (χ1v) is 5.64. The first-order valence-electron chi connectivity index (χ1n) is 5.64. The highest BCUT2D eigenvalue weighted by molar-refractivity contribution is 5.32. The molecule has 2 atom stereocenters. The molecule has 0 fully saturated rings. The number of halogens is 4. The van der Waals surface area contributed by atoms with Crippen molar-refractivity contribution in [2.45, 2.75) is 24.8 Å². The molecule has 0 bridgehead atoms. The van der Waals surface area contributed by atoms with E-state index in [9.17, 15) is 27.8 Å². The summed E-state index contributed by atoms with van der Waals surface area (Å²) in [6, 6.07) is 1.97. The van der Waals surface area contributed by atoms with Crippen molar-refractivity contribution in [2.24, 2.45) is 0 Å². The van der Waals surface area contributed by atoms with Crippen molar-refractivity contribution >= 4 is 0 Å². The molecule has 3 N–H and O–H groups in total. The Labute approximate surface area is 107 Å². The van der Waals surface area contributed by atoms with E-state index < -0.39 is 35.3 Å². The van der Waals surface area contributed by atoms with Crippen LogP contribution in [0.4, 0.5) is 17.6 Å². The molecule has 1 aromatic rings. The van der Waals surface area contributed by atoms with Gasteiger partial charge in [0.2, 0.25) is 0 Å². The Hall–Kier alpha value is -1.18. The van der Waals surface area contributed by atoms with Gasteiger partial charge in [-0.05, 0) is 37.7 Å². The predicted octanol–water partition coefficient (Wildman–Crippen LogP) is 1.85. The summed E-state index contributed by atoms with van der Waals surface area (Å²) in [5.74, 6) is -1.05. The lowest BCUT2D eigenvalue weighted by atomic mass is 9.96. The minimum atomic E-state index is -4.79. The second-order valence-corrected chi connectivity index (χ2v) is 4.13. The zero-order valence-electron chi connectivity index (χ0n) is 10.2. The standard InChI is InChI=1S/C12H15F4NO2/c1-17-5-4-10(18)11(19)8-3-2-7(13)6-9(8)12(14,15)16/h2-3,6,10-11,17-19H,4-5H2,1H3. The summed E-state index contributed by atoms with van der Waals surface area (Å²) in [4.78, 5) is 0. The number of rotatable bonds is 5. The highest BCUT2D eigenvalue weighted by atomic mass is 19.4. The van der Waals surface area contributed by atoms with Gasteiger partial charge in [0.25, 0.3) is 0 Å². The Morgan fingerprint density at radius 1 is 1.26 bits per heavy atom. The van der Waals surface area contributed by atoms with Crippen LogP contribution in [0.15, 0.2) is 18.2 Å². The van der Waals surface area contributed by atoms with Crippen molar-refractivity contribution in [3.05, 3.63) is 35.1 Å². The molecule has 0 saturated heterocycles. The third kappa shape index (κ3) is 4.15. The molecule has 19 heavy (non-hydrogen) atoms. The van der Waals surface area contributed by atoms with E-state index in [0.717, 1.165) is 12.1 Å². The molecule has 1 aromatic carbocycles. The van der Waals surface area contributed by atoms with Gasteiger partial charge in [0.1, 0.15) is 11.9 Å². The van der Waals surface area contributed by atoms with E-state index in [0.29, 0.717) is 12.6 Å². The summed E-state index contributed by atoms with van der Waals surface area (Å²) >= 11 is 0. The Balaban J connectivity index is 3.05. The summed E-state index contributed by atoms with van der Waals surface area (Å²) in [5, 5.41) is 22.1. The molecular weight excluding hydrogens is 266 g/mol. The molecule has 0 spiro atoms. The average molecular weight is 281 g/mol. The molecule has 0 aromatic heterocycles. The molecule has 0 aliphatic rings. The largest absolute Gasteiger partial charge is 0.416 e. The van der Waals surface area contributed by atoms with Crippen LogP contribution in [-0.4, -0.2) is 29.9 Å². The van der Waals surface area contributed by atoms with E-state index in [1.165, 1.54) is 0 Å². The lowest BCUT2D eigenvalue weighted by molar-refractivity contribution is -0.140. The van der Waals surface area contributed by atoms with Gasteiger partial charge in [-0.2, -0.15) is 13.2 Å². The van der Waals surface area contributed by atoms with Gasteiger partial charge in [-0.3, -0.25) is 0 Å². The fraction of sp³-hybridized carbons (Fsp3) is 0.500. The number of hydrogen-bond acceptors (Lipinski definition) is 3. The highest BCUT2D eigenvalue weighted by Gasteiger charge is 2.36. The van der Waals surface area contributed by atoms with Crippen molar-refractivity contribution in [3.63, 3.8) is 0 Å². The minimum absolute atomic E-state index is 0.0757. The van der Waals surface area contributed by atoms with Gasteiger partial charge in [-0.1, -0.05) is 6.07 Å². The van der Waals surface area contributed by atoms with Crippen LogP contribution in [0.2, 0.25) is 0 Å². The summed E-state index contributed by atoms with van der Waals surface area (Å²) in [6.45, 7) is 0.334. The number of benzene rings is 1. The monoisotopic (exact) mass is 281 g/mol. The number of nitrogens with one attached hydrogen (secondary N) is 1. The predicted molar refractivity (Wildman–Crippen MR) is 60.9 cm³/mol. The van der Waals surface area contributed by atoms with Gasteiger partial charge in [-0.25, -0.2) is 4.39 Å². The number of alkyl halides is 3. The van der Waals surface area contributed by atoms with Crippen molar-refractivity contribution in [3.8, 4) is 0 Å². The summed E-state index contributed by atoms with van der Waals surface area (Å²) in [5.41, 5.74) is -1.80. The van der Waals surface area contributed by atoms with Gasteiger partial charge in [0, 0.05) is 0 Å². The van der Waals surface area contributed by atoms with E-state index in [-0.39, 0.29) is 6.42 Å². The summed E-state index contributed by atoms with van der Waals surface area (Å²) in [6.07, 6.45) is -7.79. The second kappa shape index (κ2) is 6.31. The summed E-state index contributed by atoms with van der Waals surface area (Å²) in [7, 11) is 1.61. The minimum Gasteiger partial charge on any atom is -0.390 e. The van der Waals surface area contributed by atoms with Crippen LogP contribution in [0.5, 0.6) is 0 Å². The van der Waals surface area contributed by atoms with E-state index in [1.54, 1.807) is 7.05 Å². The molecule has 0 amide bonds. The van der Waals surface area contributed by atoms with Gasteiger partial charge >= 0.3 is 6.18 Å². The zero-order chi connectivity index (χ0) is 14.6. The zero-order valence-corrected chi connectivity index (χ0v) is 10.2. The maximum Gasteiger partial charge on any atom is 0.416 e. The van der Waals surface area contributed by atoms with Crippen molar-refractivity contribution in [1.82, 2.24) is 5.32 Å². The van der Waals surface area contributed by atoms with E-state index in [2.05, 4.69) is 5.32 Å². The van der Waals surface area contributed by atoms with Crippen LogP contribution in [0.1, 0.15) is 23.7 Å². The Kier molecular flexibility index (Phi) is 5.28. The quantitative estimate of drug-likeness (QED) is 0.722. The molecule has 0 saturated carbocycles. The maximum absolute atomic E-state index is 12.9. The fourth-order valence-corrected chi connectivity index (χ4v) is 1.69. The van der Waals surface area contributed by atoms with Crippen LogP contribution in [0.3, 0.4) is 0 Å². The smallest absolute Gasteiger partial charge is 0.390 e. The molecule has 0 aliphatic heterocycles. The third-order valence-electron chi connectivity index (χ3n) is 2.69. The van der Waals surface area contributed by atoms with Gasteiger partial charge < -0.3 is 15.5 Å². The molecule has 3 nitrogen and oxygen atoms in total. The van der Waals surface area contributed by atoms with Crippen LogP contribution in [0, 0.1) is 5.82 Å². The molecule has 0 aliphatic carbocycles. The Morgan fingerprint density at radius 3 is 2.42 bits per heavy atom. The third-order valence-corrected chi connectivity index (χ3v) is 2.69. The van der Waals surface area contributed by atoms with Crippen LogP contribution in [0.25, 0.3) is 0 Å². The molecule has 0 radical (unpaired) electrons. The normalized spacial score (nSPS) is 15.3. The second-order valence-electron chi connectivity index (χ2n) is 4.13. The molecule has 108 valence electrons. The SMILES string of the molecule is CNCCC(O)C(O)c1ccc(F)cc1C(F)(F)F. The first-order chi connectivity index (χ1) is 8.77. The van der Waals surface area contributed by atoms with Crippen LogP contribution < -0.4 is 5.32 Å². The van der Waals surface area contributed by atoms with E-state index >= 15 is 0 Å². The Morgan fingerprint density at radius 2 is 1.89 bits per heavy atom. The lowest BCUT2D eigenvalue weighted by Crippen LogP contribution is -2.25. The van der Waals surface area contributed by atoms with Crippen molar-refractivity contribution in [1.29, 1.82) is 0 Å². The lowest BCUT2D eigenvalue weighted by Gasteiger charge is -2.21. The van der Waals surface area contributed by atoms with Crippen molar-refractivity contribution in [2.75, 3.05) is 13.6 Å². The first kappa shape index (κ1) is 15.9. The topological polar surface area (TPSA) is 52.5 Å². The molecular formula is C12H15F4NO2. The molecule has 1 rings (SSSR count). The van der Waals surface area contributed by atoms with E-state index in [4.69, 9.17) is 0 Å². The average Bonchev–Trinajstić information content (AvgIpc) is 2.34. The van der Waals surface area contributed by atoms with Gasteiger partial charge in [0.15, 0.2) is 0 Å². The van der Waals surface area contributed by atoms with Gasteiger partial charge in [-0.15, -0.1) is 0 Å². The number of aliphatic hydroxyl groups excluding tert-OH is 2. The van der Waals surface area contributed by atoms with Crippen LogP contribution in [-0.2, 0) is 6.18 Å². The maximum atomic E-state index is 12.9. The molecule has 7 heteroatoms. The Bertz CT molecular complexity index is 423. The van der Waals surface area contributed by atoms with Crippen LogP contribution >= 0.6 is 0 Å². The number of hydrogen-bond donors (Lipinski definition) is 3. The van der Waals surface area contributed by atoms with Crippen molar-refractivity contribution < 1.29 is 27.8 Å². The number of aliphatic hydroxyl groups is 2.